The van der Waals surface area contributed by atoms with Crippen LogP contribution < -0.4 is 10.5 Å². The standard InChI is InChI=1S/C15H21N3O5S/c16-24(22,23)18-8-6-12(7-9-18)14(19)17-13(15(20)21)10-11-4-2-1-3-5-11/h1-5,12-13H,6-10H2,(H,17,19)(H,20,21)(H2,16,22,23)/t13-/m0/s1. The summed E-state index contributed by atoms with van der Waals surface area (Å²) < 4.78 is 23.6. The molecule has 0 radical (unpaired) electrons. The number of amides is 1. The number of piperidine rings is 1. The van der Waals surface area contributed by atoms with E-state index in [1.165, 1.54) is 0 Å². The quantitative estimate of drug-likeness (QED) is 0.646. The Labute approximate surface area is 140 Å². The third kappa shape index (κ3) is 5.02. The molecule has 9 heteroatoms. The minimum absolute atomic E-state index is 0.160. The lowest BCUT2D eigenvalue weighted by molar-refractivity contribution is -0.142. The molecule has 0 spiro atoms. The number of nitrogens with two attached hydrogens (primary N) is 1. The molecule has 0 saturated carbocycles. The zero-order valence-electron chi connectivity index (χ0n) is 13.1. The van der Waals surface area contributed by atoms with E-state index in [0.717, 1.165) is 9.87 Å². The van der Waals surface area contributed by atoms with Crippen molar-refractivity contribution in [3.05, 3.63) is 35.9 Å². The summed E-state index contributed by atoms with van der Waals surface area (Å²) in [5.41, 5.74) is 0.814. The van der Waals surface area contributed by atoms with E-state index < -0.39 is 28.1 Å². The van der Waals surface area contributed by atoms with E-state index in [1.54, 1.807) is 24.3 Å². The maximum atomic E-state index is 12.3. The number of rotatable bonds is 6. The molecule has 1 aromatic carbocycles. The summed E-state index contributed by atoms with van der Waals surface area (Å²) in [4.78, 5) is 23.7. The summed E-state index contributed by atoms with van der Waals surface area (Å²) >= 11 is 0. The van der Waals surface area contributed by atoms with Crippen LogP contribution >= 0.6 is 0 Å². The number of carbonyl (C=O) groups is 2. The molecule has 4 N–H and O–H groups in total. The van der Waals surface area contributed by atoms with Crippen LogP contribution in [0, 0.1) is 5.92 Å². The van der Waals surface area contributed by atoms with Crippen molar-refractivity contribution in [2.24, 2.45) is 11.1 Å². The Morgan fingerprint density at radius 2 is 1.83 bits per heavy atom. The van der Waals surface area contributed by atoms with Crippen molar-refractivity contribution >= 4 is 22.1 Å². The van der Waals surface area contributed by atoms with Crippen LogP contribution in [0.4, 0.5) is 0 Å². The first kappa shape index (κ1) is 18.4. The van der Waals surface area contributed by atoms with Gasteiger partial charge in [-0.15, -0.1) is 0 Å². The van der Waals surface area contributed by atoms with Gasteiger partial charge in [0, 0.05) is 25.4 Å². The molecule has 1 saturated heterocycles. The first-order chi connectivity index (χ1) is 11.3. The van der Waals surface area contributed by atoms with E-state index >= 15 is 0 Å². The molecule has 0 aromatic heterocycles. The van der Waals surface area contributed by atoms with Crippen LogP contribution in [0.25, 0.3) is 0 Å². The molecule has 8 nitrogen and oxygen atoms in total. The number of carboxylic acids is 1. The molecule has 1 fully saturated rings. The number of hydrogen-bond acceptors (Lipinski definition) is 4. The molecule has 1 heterocycles. The van der Waals surface area contributed by atoms with Crippen LogP contribution in [0.2, 0.25) is 0 Å². The van der Waals surface area contributed by atoms with E-state index in [2.05, 4.69) is 5.32 Å². The number of carbonyl (C=O) groups excluding carboxylic acids is 1. The lowest BCUT2D eigenvalue weighted by Crippen LogP contribution is -2.49. The Bertz CT molecular complexity index is 684. The monoisotopic (exact) mass is 355 g/mol. The van der Waals surface area contributed by atoms with Crippen LogP contribution in [0.15, 0.2) is 30.3 Å². The Morgan fingerprint density at radius 3 is 2.33 bits per heavy atom. The first-order valence-corrected chi connectivity index (χ1v) is 9.12. The SMILES string of the molecule is NS(=O)(=O)N1CCC(C(=O)N[C@@H](Cc2ccccc2)C(=O)O)CC1. The number of carboxylic acid groups (broad SMARTS) is 1. The highest BCUT2D eigenvalue weighted by atomic mass is 32.2. The van der Waals surface area contributed by atoms with Gasteiger partial charge in [0.05, 0.1) is 0 Å². The van der Waals surface area contributed by atoms with E-state index in [1.807, 2.05) is 6.07 Å². The molecule has 2 rings (SSSR count). The Hall–Kier alpha value is -1.97. The topological polar surface area (TPSA) is 130 Å². The van der Waals surface area contributed by atoms with E-state index in [-0.39, 0.29) is 25.4 Å². The highest BCUT2D eigenvalue weighted by molar-refractivity contribution is 7.86. The normalized spacial score (nSPS) is 18.0. The third-order valence-corrected chi connectivity index (χ3v) is 5.17. The van der Waals surface area contributed by atoms with Crippen molar-refractivity contribution in [1.82, 2.24) is 9.62 Å². The highest BCUT2D eigenvalue weighted by Crippen LogP contribution is 2.19. The van der Waals surface area contributed by atoms with Gasteiger partial charge in [0.2, 0.25) is 5.91 Å². The van der Waals surface area contributed by atoms with Crippen molar-refractivity contribution in [2.75, 3.05) is 13.1 Å². The van der Waals surface area contributed by atoms with Gasteiger partial charge in [0.15, 0.2) is 0 Å². The Balaban J connectivity index is 1.93. The van der Waals surface area contributed by atoms with Crippen molar-refractivity contribution in [3.8, 4) is 0 Å². The zero-order valence-corrected chi connectivity index (χ0v) is 13.9. The summed E-state index contributed by atoms with van der Waals surface area (Å²) in [7, 11) is -3.74. The van der Waals surface area contributed by atoms with Gasteiger partial charge in [-0.2, -0.15) is 12.7 Å². The second kappa shape index (κ2) is 7.73. The lowest BCUT2D eigenvalue weighted by atomic mass is 9.96. The van der Waals surface area contributed by atoms with Gasteiger partial charge in [0.25, 0.3) is 10.2 Å². The van der Waals surface area contributed by atoms with Crippen LogP contribution in [0.1, 0.15) is 18.4 Å². The molecule has 0 aliphatic carbocycles. The molecule has 0 bridgehead atoms. The number of hydrogen-bond donors (Lipinski definition) is 3. The van der Waals surface area contributed by atoms with Gasteiger partial charge in [-0.05, 0) is 18.4 Å². The molecular formula is C15H21N3O5S. The summed E-state index contributed by atoms with van der Waals surface area (Å²) in [5, 5.41) is 16.9. The fraction of sp³-hybridized carbons (Fsp3) is 0.467. The lowest BCUT2D eigenvalue weighted by Gasteiger charge is -2.29. The Kier molecular flexibility index (Phi) is 5.92. The Morgan fingerprint density at radius 1 is 1.25 bits per heavy atom. The average molecular weight is 355 g/mol. The summed E-state index contributed by atoms with van der Waals surface area (Å²) in [5.74, 6) is -1.89. The second-order valence-electron chi connectivity index (χ2n) is 5.81. The fourth-order valence-electron chi connectivity index (χ4n) is 2.71. The predicted molar refractivity (Wildman–Crippen MR) is 87.1 cm³/mol. The zero-order chi connectivity index (χ0) is 17.7. The molecular weight excluding hydrogens is 334 g/mol. The van der Waals surface area contributed by atoms with Crippen LogP contribution in [-0.4, -0.2) is 48.8 Å². The third-order valence-electron chi connectivity index (χ3n) is 4.08. The van der Waals surface area contributed by atoms with Crippen molar-refractivity contribution in [2.45, 2.75) is 25.3 Å². The molecule has 1 atom stereocenters. The van der Waals surface area contributed by atoms with E-state index in [9.17, 15) is 23.1 Å². The molecule has 1 aromatic rings. The van der Waals surface area contributed by atoms with Gasteiger partial charge < -0.3 is 10.4 Å². The maximum Gasteiger partial charge on any atom is 0.326 e. The maximum absolute atomic E-state index is 12.3. The van der Waals surface area contributed by atoms with Crippen LogP contribution in [-0.2, 0) is 26.2 Å². The van der Waals surface area contributed by atoms with Gasteiger partial charge in [0.1, 0.15) is 6.04 Å². The van der Waals surface area contributed by atoms with Crippen molar-refractivity contribution < 1.29 is 23.1 Å². The molecule has 0 unspecified atom stereocenters. The van der Waals surface area contributed by atoms with Crippen LogP contribution in [0.3, 0.4) is 0 Å². The molecule has 1 aliphatic rings. The summed E-state index contributed by atoms with van der Waals surface area (Å²) in [6, 6.07) is 8.02. The molecule has 24 heavy (non-hydrogen) atoms. The first-order valence-electron chi connectivity index (χ1n) is 7.62. The fourth-order valence-corrected chi connectivity index (χ4v) is 3.43. The molecule has 1 amide bonds. The molecule has 1 aliphatic heterocycles. The van der Waals surface area contributed by atoms with Crippen molar-refractivity contribution in [1.29, 1.82) is 0 Å². The second-order valence-corrected chi connectivity index (χ2v) is 7.35. The average Bonchev–Trinajstić information content (AvgIpc) is 2.54. The number of benzene rings is 1. The van der Waals surface area contributed by atoms with Gasteiger partial charge in [-0.25, -0.2) is 9.93 Å². The minimum atomic E-state index is -3.74. The number of nitrogens with zero attached hydrogens (tertiary/aromatic N) is 1. The number of aliphatic carboxylic acids is 1. The highest BCUT2D eigenvalue weighted by Gasteiger charge is 2.31. The van der Waals surface area contributed by atoms with Gasteiger partial charge in [-0.3, -0.25) is 4.79 Å². The van der Waals surface area contributed by atoms with Crippen LogP contribution in [0.5, 0.6) is 0 Å². The number of nitrogens with one attached hydrogen (secondary N) is 1. The smallest absolute Gasteiger partial charge is 0.326 e. The predicted octanol–water partition coefficient (Wildman–Crippen LogP) is -0.286. The minimum Gasteiger partial charge on any atom is -0.480 e. The van der Waals surface area contributed by atoms with E-state index in [4.69, 9.17) is 5.14 Å². The van der Waals surface area contributed by atoms with Gasteiger partial charge >= 0.3 is 5.97 Å². The molecule has 132 valence electrons. The largest absolute Gasteiger partial charge is 0.480 e. The van der Waals surface area contributed by atoms with E-state index in [0.29, 0.717) is 12.8 Å². The summed E-state index contributed by atoms with van der Waals surface area (Å²) in [6.07, 6.45) is 0.831. The summed E-state index contributed by atoms with van der Waals surface area (Å²) in [6.45, 7) is 0.320. The van der Waals surface area contributed by atoms with Gasteiger partial charge in [-0.1, -0.05) is 30.3 Å². The van der Waals surface area contributed by atoms with Crippen molar-refractivity contribution in [3.63, 3.8) is 0 Å².